The molecule has 6 heteroatoms. The molecule has 26 heavy (non-hydrogen) atoms. The van der Waals surface area contributed by atoms with Gasteiger partial charge in [0.2, 0.25) is 0 Å². The molecule has 2 aromatic rings. The molecular weight excluding hydrogens is 354 g/mol. The van der Waals surface area contributed by atoms with E-state index in [2.05, 4.69) is 5.32 Å². The Bertz CT molecular complexity index is 774. The number of nitrogens with one attached hydrogen (secondary N) is 1. The van der Waals surface area contributed by atoms with Crippen molar-refractivity contribution in [2.75, 3.05) is 13.7 Å². The number of methoxy groups -OCH3 is 1. The monoisotopic (exact) mass is 375 g/mol. The van der Waals surface area contributed by atoms with Crippen LogP contribution >= 0.6 is 11.6 Å². The molecule has 0 fully saturated rings. The lowest BCUT2D eigenvalue weighted by Gasteiger charge is -2.11. The lowest BCUT2D eigenvalue weighted by molar-refractivity contribution is -0.137. The highest BCUT2D eigenvalue weighted by molar-refractivity contribution is 6.31. The smallest absolute Gasteiger partial charge is 0.303 e. The van der Waals surface area contributed by atoms with Crippen molar-refractivity contribution in [3.8, 4) is 5.75 Å². The topological polar surface area (TPSA) is 75.6 Å². The van der Waals surface area contributed by atoms with Crippen molar-refractivity contribution in [2.45, 2.75) is 25.7 Å². The van der Waals surface area contributed by atoms with E-state index in [1.165, 1.54) is 7.11 Å². The third-order valence-electron chi connectivity index (χ3n) is 4.13. The first kappa shape index (κ1) is 19.8. The second-order valence-electron chi connectivity index (χ2n) is 6.09. The van der Waals surface area contributed by atoms with Gasteiger partial charge in [-0.25, -0.2) is 0 Å². The van der Waals surface area contributed by atoms with Crippen LogP contribution in [0.3, 0.4) is 0 Å². The molecule has 0 saturated heterocycles. The Morgan fingerprint density at radius 2 is 1.88 bits per heavy atom. The molecule has 138 valence electrons. The summed E-state index contributed by atoms with van der Waals surface area (Å²) in [6, 6.07) is 12.7. The predicted octanol–water partition coefficient (Wildman–Crippen LogP) is 3.90. The van der Waals surface area contributed by atoms with Gasteiger partial charge in [0.05, 0.1) is 19.1 Å². The standard InChI is InChI=1S/C20H22ClNO4/c1-13(11-19(23)24)15-5-3-14(4-6-15)9-10-22-20(25)17-12-16(21)7-8-18(17)26-2/h3-8,12-13H,9-11H2,1-2H3,(H,22,25)(H,23,24). The second-order valence-corrected chi connectivity index (χ2v) is 6.53. The highest BCUT2D eigenvalue weighted by Gasteiger charge is 2.13. The highest BCUT2D eigenvalue weighted by Crippen LogP contribution is 2.22. The maximum absolute atomic E-state index is 12.3. The predicted molar refractivity (Wildman–Crippen MR) is 101 cm³/mol. The minimum Gasteiger partial charge on any atom is -0.496 e. The number of amides is 1. The molecule has 0 spiro atoms. The van der Waals surface area contributed by atoms with Crippen molar-refractivity contribution in [2.24, 2.45) is 0 Å². The number of carbonyl (C=O) groups excluding carboxylic acids is 1. The highest BCUT2D eigenvalue weighted by atomic mass is 35.5. The van der Waals surface area contributed by atoms with Crippen molar-refractivity contribution < 1.29 is 19.4 Å². The van der Waals surface area contributed by atoms with E-state index in [9.17, 15) is 9.59 Å². The zero-order valence-electron chi connectivity index (χ0n) is 14.8. The summed E-state index contributed by atoms with van der Waals surface area (Å²) in [5.74, 6) is -0.600. The fraction of sp³-hybridized carbons (Fsp3) is 0.300. The molecule has 0 heterocycles. The van der Waals surface area contributed by atoms with Crippen molar-refractivity contribution in [3.63, 3.8) is 0 Å². The number of carboxylic acid groups (broad SMARTS) is 1. The van der Waals surface area contributed by atoms with E-state index in [1.54, 1.807) is 18.2 Å². The summed E-state index contributed by atoms with van der Waals surface area (Å²) in [6.07, 6.45) is 0.777. The molecule has 2 aromatic carbocycles. The Balaban J connectivity index is 1.90. The maximum atomic E-state index is 12.3. The Morgan fingerprint density at radius 1 is 1.19 bits per heavy atom. The van der Waals surface area contributed by atoms with Crippen LogP contribution in [-0.2, 0) is 11.2 Å². The number of carboxylic acids is 1. The summed E-state index contributed by atoms with van der Waals surface area (Å²) in [6.45, 7) is 2.36. The van der Waals surface area contributed by atoms with Crippen LogP contribution in [0.4, 0.5) is 0 Å². The van der Waals surface area contributed by atoms with Crippen LogP contribution in [0.5, 0.6) is 5.75 Å². The number of benzene rings is 2. The Morgan fingerprint density at radius 3 is 2.50 bits per heavy atom. The van der Waals surface area contributed by atoms with Gasteiger partial charge in [0.1, 0.15) is 5.75 Å². The quantitative estimate of drug-likeness (QED) is 0.733. The number of ether oxygens (including phenoxy) is 1. The molecule has 1 unspecified atom stereocenters. The lowest BCUT2D eigenvalue weighted by Crippen LogP contribution is -2.26. The Hall–Kier alpha value is -2.53. The molecule has 0 aromatic heterocycles. The summed E-state index contributed by atoms with van der Waals surface area (Å²) in [5, 5.41) is 12.2. The van der Waals surface area contributed by atoms with Gasteiger partial charge in [-0.05, 0) is 41.7 Å². The minimum atomic E-state index is -0.805. The number of hydrogen-bond acceptors (Lipinski definition) is 3. The van der Waals surface area contributed by atoms with E-state index >= 15 is 0 Å². The normalized spacial score (nSPS) is 11.7. The molecule has 1 amide bonds. The lowest BCUT2D eigenvalue weighted by atomic mass is 9.96. The fourth-order valence-corrected chi connectivity index (χ4v) is 2.84. The first-order valence-electron chi connectivity index (χ1n) is 8.33. The van der Waals surface area contributed by atoms with Gasteiger partial charge in [-0.2, -0.15) is 0 Å². The fourth-order valence-electron chi connectivity index (χ4n) is 2.67. The first-order valence-corrected chi connectivity index (χ1v) is 8.71. The van der Waals surface area contributed by atoms with Gasteiger partial charge in [-0.1, -0.05) is 42.8 Å². The molecule has 2 N–H and O–H groups in total. The van der Waals surface area contributed by atoms with Crippen molar-refractivity contribution in [1.29, 1.82) is 0 Å². The zero-order chi connectivity index (χ0) is 19.1. The van der Waals surface area contributed by atoms with E-state index in [0.717, 1.165) is 11.1 Å². The van der Waals surface area contributed by atoms with Gasteiger partial charge in [0.25, 0.3) is 5.91 Å². The first-order chi connectivity index (χ1) is 12.4. The maximum Gasteiger partial charge on any atom is 0.303 e. The van der Waals surface area contributed by atoms with E-state index in [0.29, 0.717) is 29.3 Å². The largest absolute Gasteiger partial charge is 0.496 e. The average Bonchev–Trinajstić information content (AvgIpc) is 2.61. The number of carbonyl (C=O) groups is 2. The van der Waals surface area contributed by atoms with E-state index < -0.39 is 5.97 Å². The summed E-state index contributed by atoms with van der Waals surface area (Å²) >= 11 is 5.95. The van der Waals surface area contributed by atoms with E-state index in [-0.39, 0.29) is 18.2 Å². The van der Waals surface area contributed by atoms with Crippen molar-refractivity contribution in [3.05, 3.63) is 64.2 Å². The van der Waals surface area contributed by atoms with E-state index in [1.807, 2.05) is 31.2 Å². The van der Waals surface area contributed by atoms with Crippen molar-refractivity contribution >= 4 is 23.5 Å². The van der Waals surface area contributed by atoms with E-state index in [4.69, 9.17) is 21.4 Å². The van der Waals surface area contributed by atoms with Crippen LogP contribution in [0, 0.1) is 0 Å². The second kappa shape index (κ2) is 9.25. The van der Waals surface area contributed by atoms with Crippen LogP contribution in [0.15, 0.2) is 42.5 Å². The Labute approximate surface area is 157 Å². The molecule has 0 aliphatic rings. The minimum absolute atomic E-state index is 0.0310. The zero-order valence-corrected chi connectivity index (χ0v) is 15.5. The third kappa shape index (κ3) is 5.49. The van der Waals surface area contributed by atoms with Crippen LogP contribution in [0.25, 0.3) is 0 Å². The molecule has 1 atom stereocenters. The SMILES string of the molecule is COc1ccc(Cl)cc1C(=O)NCCc1ccc(C(C)CC(=O)O)cc1. The molecule has 0 radical (unpaired) electrons. The summed E-state index contributed by atoms with van der Waals surface area (Å²) in [4.78, 5) is 23.1. The molecule has 2 rings (SSSR count). The summed E-state index contributed by atoms with van der Waals surface area (Å²) in [7, 11) is 1.51. The third-order valence-corrected chi connectivity index (χ3v) is 4.37. The van der Waals surface area contributed by atoms with Gasteiger partial charge in [-0.3, -0.25) is 9.59 Å². The molecule has 0 saturated carbocycles. The van der Waals surface area contributed by atoms with Crippen LogP contribution < -0.4 is 10.1 Å². The van der Waals surface area contributed by atoms with Gasteiger partial charge in [-0.15, -0.1) is 0 Å². The van der Waals surface area contributed by atoms with Gasteiger partial charge >= 0.3 is 5.97 Å². The van der Waals surface area contributed by atoms with Crippen LogP contribution in [0.1, 0.15) is 40.7 Å². The van der Waals surface area contributed by atoms with Crippen LogP contribution in [-0.4, -0.2) is 30.6 Å². The molecule has 0 aliphatic heterocycles. The molecule has 0 bridgehead atoms. The van der Waals surface area contributed by atoms with Gasteiger partial charge < -0.3 is 15.2 Å². The van der Waals surface area contributed by atoms with Gasteiger partial charge in [0.15, 0.2) is 0 Å². The van der Waals surface area contributed by atoms with Gasteiger partial charge in [0, 0.05) is 11.6 Å². The number of aliphatic carboxylic acids is 1. The van der Waals surface area contributed by atoms with Crippen LogP contribution in [0.2, 0.25) is 5.02 Å². The molecule has 5 nitrogen and oxygen atoms in total. The van der Waals surface area contributed by atoms with Crippen molar-refractivity contribution in [1.82, 2.24) is 5.32 Å². The summed E-state index contributed by atoms with van der Waals surface area (Å²) in [5.41, 5.74) is 2.45. The molecule has 0 aliphatic carbocycles. The number of rotatable bonds is 8. The summed E-state index contributed by atoms with van der Waals surface area (Å²) < 4.78 is 5.19. The molecular formula is C20H22ClNO4. The average molecular weight is 376 g/mol. The number of hydrogen-bond donors (Lipinski definition) is 2. The number of halogens is 1. The Kier molecular flexibility index (Phi) is 7.04.